The fourth-order valence-corrected chi connectivity index (χ4v) is 0.766. The summed E-state index contributed by atoms with van der Waals surface area (Å²) in [6.07, 6.45) is 1.29. The molecule has 0 saturated carbocycles. The minimum atomic E-state index is 0.550. The van der Waals surface area contributed by atoms with Crippen molar-refractivity contribution in [3.63, 3.8) is 0 Å². The molecule has 1 rings (SSSR count). The predicted molar refractivity (Wildman–Crippen MR) is 41.3 cm³/mol. The first-order valence-corrected chi connectivity index (χ1v) is 3.08. The van der Waals surface area contributed by atoms with Crippen LogP contribution in [0.25, 0.3) is 6.08 Å². The minimum absolute atomic E-state index is 0.550. The van der Waals surface area contributed by atoms with Crippen molar-refractivity contribution >= 4 is 12.0 Å². The largest absolute Gasteiger partial charge is 0.233 e. The van der Waals surface area contributed by atoms with E-state index in [0.29, 0.717) is 11.1 Å². The first kappa shape index (κ1) is 7.27. The standard InChI is InChI=1S/C9H5NO/c10-7-9-3-1-2-8(6-9)4-5-11/h1-4,6H. The van der Waals surface area contributed by atoms with E-state index in [1.54, 1.807) is 30.2 Å². The van der Waals surface area contributed by atoms with Gasteiger partial charge < -0.3 is 0 Å². The van der Waals surface area contributed by atoms with E-state index in [2.05, 4.69) is 0 Å². The number of hydrogen-bond acceptors (Lipinski definition) is 2. The van der Waals surface area contributed by atoms with Crippen LogP contribution >= 0.6 is 0 Å². The lowest BCUT2D eigenvalue weighted by molar-refractivity contribution is 0.570. The second-order valence-corrected chi connectivity index (χ2v) is 2.00. The molecule has 0 aliphatic rings. The van der Waals surface area contributed by atoms with Crippen LogP contribution in [0.5, 0.6) is 0 Å². The van der Waals surface area contributed by atoms with Crippen LogP contribution in [0.15, 0.2) is 24.3 Å². The van der Waals surface area contributed by atoms with Crippen molar-refractivity contribution in [2.75, 3.05) is 0 Å². The van der Waals surface area contributed by atoms with E-state index in [4.69, 9.17) is 5.26 Å². The van der Waals surface area contributed by atoms with Gasteiger partial charge in [-0.3, -0.25) is 0 Å². The summed E-state index contributed by atoms with van der Waals surface area (Å²) in [5.41, 5.74) is 1.26. The number of rotatable bonds is 1. The molecule has 0 unspecified atom stereocenters. The predicted octanol–water partition coefficient (Wildman–Crippen LogP) is 1.40. The summed E-state index contributed by atoms with van der Waals surface area (Å²) in [5.74, 6) is 1.65. The Bertz CT molecular complexity index is 343. The molecule has 0 bridgehead atoms. The Morgan fingerprint density at radius 2 is 2.27 bits per heavy atom. The third kappa shape index (κ3) is 1.79. The van der Waals surface area contributed by atoms with Crippen LogP contribution in [-0.4, -0.2) is 5.94 Å². The zero-order valence-electron chi connectivity index (χ0n) is 5.74. The summed E-state index contributed by atoms with van der Waals surface area (Å²) in [4.78, 5) is 9.91. The van der Waals surface area contributed by atoms with E-state index in [1.807, 2.05) is 6.07 Å². The normalized spacial score (nSPS) is 7.91. The van der Waals surface area contributed by atoms with Gasteiger partial charge in [0.2, 0.25) is 0 Å². The van der Waals surface area contributed by atoms with E-state index in [1.165, 1.54) is 6.08 Å². The van der Waals surface area contributed by atoms with Crippen molar-refractivity contribution < 1.29 is 4.79 Å². The highest BCUT2D eigenvalue weighted by Crippen LogP contribution is 2.03. The van der Waals surface area contributed by atoms with Crippen LogP contribution in [0.4, 0.5) is 0 Å². The van der Waals surface area contributed by atoms with Crippen LogP contribution in [-0.2, 0) is 4.79 Å². The summed E-state index contributed by atoms with van der Waals surface area (Å²) in [5, 5.41) is 8.47. The number of nitriles is 1. The second kappa shape index (κ2) is 3.36. The zero-order valence-corrected chi connectivity index (χ0v) is 5.74. The van der Waals surface area contributed by atoms with Crippen LogP contribution in [0, 0.1) is 11.3 Å². The van der Waals surface area contributed by atoms with Gasteiger partial charge in [-0.05, 0) is 17.7 Å². The van der Waals surface area contributed by atoms with E-state index in [-0.39, 0.29) is 0 Å². The number of carbonyl (C=O) groups excluding carboxylic acids is 1. The van der Waals surface area contributed by atoms with Crippen LogP contribution in [0.2, 0.25) is 0 Å². The lowest BCUT2D eigenvalue weighted by atomic mass is 10.1. The van der Waals surface area contributed by atoms with Crippen molar-refractivity contribution in [2.45, 2.75) is 0 Å². The van der Waals surface area contributed by atoms with Crippen molar-refractivity contribution in [2.24, 2.45) is 0 Å². The molecule has 0 N–H and O–H groups in total. The Hall–Kier alpha value is -1.84. The fraction of sp³-hybridized carbons (Fsp3) is 0. The summed E-state index contributed by atoms with van der Waals surface area (Å²) in [7, 11) is 0. The van der Waals surface area contributed by atoms with E-state index < -0.39 is 0 Å². The molecule has 0 amide bonds. The van der Waals surface area contributed by atoms with E-state index in [9.17, 15) is 4.79 Å². The number of benzene rings is 1. The molecule has 0 saturated heterocycles. The molecule has 52 valence electrons. The van der Waals surface area contributed by atoms with Gasteiger partial charge in [0.25, 0.3) is 0 Å². The molecule has 2 heteroatoms. The van der Waals surface area contributed by atoms with Gasteiger partial charge in [-0.25, -0.2) is 4.79 Å². The van der Waals surface area contributed by atoms with Crippen molar-refractivity contribution in [3.05, 3.63) is 35.4 Å². The molecule has 0 aromatic heterocycles. The molecule has 0 atom stereocenters. The molecular weight excluding hydrogens is 138 g/mol. The Labute approximate surface area is 64.4 Å². The Kier molecular flexibility index (Phi) is 2.22. The van der Waals surface area contributed by atoms with Gasteiger partial charge in [-0.2, -0.15) is 5.26 Å². The molecule has 0 heterocycles. The summed E-state index contributed by atoms with van der Waals surface area (Å²) in [6.45, 7) is 0. The maximum Gasteiger partial charge on any atom is 0.125 e. The lowest BCUT2D eigenvalue weighted by Gasteiger charge is -1.89. The highest BCUT2D eigenvalue weighted by atomic mass is 16.1. The smallest absolute Gasteiger partial charge is 0.125 e. The highest BCUT2D eigenvalue weighted by Gasteiger charge is 1.89. The highest BCUT2D eigenvalue weighted by molar-refractivity contribution is 5.74. The van der Waals surface area contributed by atoms with Gasteiger partial charge in [0, 0.05) is 6.08 Å². The van der Waals surface area contributed by atoms with Gasteiger partial charge in [0.15, 0.2) is 0 Å². The maximum absolute atomic E-state index is 9.91. The quantitative estimate of drug-likeness (QED) is 0.557. The minimum Gasteiger partial charge on any atom is -0.233 e. The molecular formula is C9H5NO. The summed E-state index contributed by atoms with van der Waals surface area (Å²) < 4.78 is 0. The van der Waals surface area contributed by atoms with E-state index in [0.717, 1.165) is 0 Å². The van der Waals surface area contributed by atoms with E-state index >= 15 is 0 Å². The lowest BCUT2D eigenvalue weighted by Crippen LogP contribution is -1.75. The molecule has 0 radical (unpaired) electrons. The Morgan fingerprint density at radius 1 is 1.45 bits per heavy atom. The van der Waals surface area contributed by atoms with Crippen molar-refractivity contribution in [3.8, 4) is 6.07 Å². The van der Waals surface area contributed by atoms with Crippen LogP contribution in [0.3, 0.4) is 0 Å². The molecule has 0 aliphatic carbocycles. The Morgan fingerprint density at radius 3 is 2.91 bits per heavy atom. The average molecular weight is 143 g/mol. The van der Waals surface area contributed by atoms with Gasteiger partial charge in [0.05, 0.1) is 11.6 Å². The van der Waals surface area contributed by atoms with Crippen LogP contribution in [0.1, 0.15) is 11.1 Å². The summed E-state index contributed by atoms with van der Waals surface area (Å²) >= 11 is 0. The second-order valence-electron chi connectivity index (χ2n) is 2.00. The maximum atomic E-state index is 9.91. The monoisotopic (exact) mass is 143 g/mol. The first-order chi connectivity index (χ1) is 5.36. The van der Waals surface area contributed by atoms with Crippen molar-refractivity contribution in [1.29, 1.82) is 5.26 Å². The molecule has 1 aromatic rings. The van der Waals surface area contributed by atoms with Crippen LogP contribution < -0.4 is 0 Å². The molecule has 0 spiro atoms. The molecule has 2 nitrogen and oxygen atoms in total. The van der Waals surface area contributed by atoms with Gasteiger partial charge >= 0.3 is 0 Å². The number of hydrogen-bond donors (Lipinski definition) is 0. The van der Waals surface area contributed by atoms with Crippen molar-refractivity contribution in [1.82, 2.24) is 0 Å². The molecule has 1 aromatic carbocycles. The first-order valence-electron chi connectivity index (χ1n) is 3.08. The summed E-state index contributed by atoms with van der Waals surface area (Å²) in [6, 6.07) is 8.75. The third-order valence-electron chi connectivity index (χ3n) is 1.24. The fourth-order valence-electron chi connectivity index (χ4n) is 0.766. The number of nitrogens with zero attached hydrogens (tertiary/aromatic N) is 1. The average Bonchev–Trinajstić information content (AvgIpc) is 2.06. The topological polar surface area (TPSA) is 40.9 Å². The third-order valence-corrected chi connectivity index (χ3v) is 1.24. The van der Waals surface area contributed by atoms with Gasteiger partial charge in [-0.15, -0.1) is 0 Å². The zero-order chi connectivity index (χ0) is 8.10. The molecule has 0 aliphatic heterocycles. The van der Waals surface area contributed by atoms with Gasteiger partial charge in [0.1, 0.15) is 5.94 Å². The van der Waals surface area contributed by atoms with Gasteiger partial charge in [-0.1, -0.05) is 12.1 Å². The molecule has 11 heavy (non-hydrogen) atoms. The molecule has 0 fully saturated rings. The Balaban J connectivity index is 3.12. The SMILES string of the molecule is N#Cc1cccc(C=C=O)c1.